The van der Waals surface area contributed by atoms with Crippen molar-refractivity contribution in [2.75, 3.05) is 56.5 Å². The first-order valence-electron chi connectivity index (χ1n) is 8.73. The number of amides is 1. The number of rotatable bonds is 8. The van der Waals surface area contributed by atoms with Gasteiger partial charge in [-0.15, -0.1) is 0 Å². The summed E-state index contributed by atoms with van der Waals surface area (Å²) in [6, 6.07) is 8.37. The molecular formula is C18H30N4O. The van der Waals surface area contributed by atoms with Crippen molar-refractivity contribution >= 4 is 17.3 Å². The molecule has 1 aliphatic rings. The van der Waals surface area contributed by atoms with Crippen molar-refractivity contribution in [2.24, 2.45) is 0 Å². The lowest BCUT2D eigenvalue weighted by Crippen LogP contribution is -2.44. The standard InChI is InChI=1S/C18H30N4O/c1-3-4-5-10-19-18(23)15-20-16-6-8-17(9-7-16)22-13-11-21(2)12-14-22/h6-9,20H,3-5,10-15H2,1-2H3,(H,19,23). The van der Waals surface area contributed by atoms with Crippen LogP contribution in [0.2, 0.25) is 0 Å². The van der Waals surface area contributed by atoms with Crippen LogP contribution in [0.25, 0.3) is 0 Å². The summed E-state index contributed by atoms with van der Waals surface area (Å²) >= 11 is 0. The molecule has 1 fully saturated rings. The molecule has 0 spiro atoms. The van der Waals surface area contributed by atoms with E-state index >= 15 is 0 Å². The average Bonchev–Trinajstić information content (AvgIpc) is 2.58. The van der Waals surface area contributed by atoms with Crippen molar-refractivity contribution in [3.05, 3.63) is 24.3 Å². The molecule has 0 saturated carbocycles. The molecular weight excluding hydrogens is 288 g/mol. The molecule has 1 aromatic rings. The highest BCUT2D eigenvalue weighted by atomic mass is 16.1. The number of carbonyl (C=O) groups is 1. The first kappa shape index (κ1) is 17.6. The van der Waals surface area contributed by atoms with Crippen molar-refractivity contribution in [1.82, 2.24) is 10.2 Å². The van der Waals surface area contributed by atoms with Gasteiger partial charge in [0.1, 0.15) is 0 Å². The Morgan fingerprint density at radius 3 is 2.43 bits per heavy atom. The van der Waals surface area contributed by atoms with Crippen LogP contribution in [0, 0.1) is 0 Å². The zero-order valence-corrected chi connectivity index (χ0v) is 14.5. The second-order valence-electron chi connectivity index (χ2n) is 6.25. The van der Waals surface area contributed by atoms with Crippen LogP contribution in [0.15, 0.2) is 24.3 Å². The Hall–Kier alpha value is -1.75. The van der Waals surface area contributed by atoms with Crippen LogP contribution in [0.1, 0.15) is 26.2 Å². The molecule has 1 amide bonds. The fraction of sp³-hybridized carbons (Fsp3) is 0.611. The largest absolute Gasteiger partial charge is 0.376 e. The highest BCUT2D eigenvalue weighted by molar-refractivity contribution is 5.80. The Kier molecular flexibility index (Phi) is 7.20. The van der Waals surface area contributed by atoms with E-state index in [2.05, 4.69) is 58.7 Å². The highest BCUT2D eigenvalue weighted by Crippen LogP contribution is 2.19. The third kappa shape index (κ3) is 6.10. The Morgan fingerprint density at radius 1 is 1.09 bits per heavy atom. The number of anilines is 2. The van der Waals surface area contributed by atoms with Crippen LogP contribution >= 0.6 is 0 Å². The summed E-state index contributed by atoms with van der Waals surface area (Å²) in [6.07, 6.45) is 3.40. The normalized spacial score (nSPS) is 15.5. The maximum Gasteiger partial charge on any atom is 0.239 e. The van der Waals surface area contributed by atoms with Gasteiger partial charge in [0.25, 0.3) is 0 Å². The lowest BCUT2D eigenvalue weighted by molar-refractivity contribution is -0.119. The molecule has 0 aromatic heterocycles. The molecule has 1 aliphatic heterocycles. The van der Waals surface area contributed by atoms with Gasteiger partial charge in [-0.1, -0.05) is 19.8 Å². The molecule has 5 heteroatoms. The third-order valence-electron chi connectivity index (χ3n) is 4.29. The number of hydrogen-bond acceptors (Lipinski definition) is 4. The minimum atomic E-state index is 0.0595. The van der Waals surface area contributed by atoms with Crippen LogP contribution in [-0.4, -0.2) is 57.1 Å². The van der Waals surface area contributed by atoms with Crippen LogP contribution in [0.4, 0.5) is 11.4 Å². The fourth-order valence-corrected chi connectivity index (χ4v) is 2.70. The van der Waals surface area contributed by atoms with Gasteiger partial charge < -0.3 is 20.4 Å². The van der Waals surface area contributed by atoms with Crippen molar-refractivity contribution in [3.8, 4) is 0 Å². The van der Waals surface area contributed by atoms with E-state index in [1.807, 2.05) is 0 Å². The van der Waals surface area contributed by atoms with Crippen LogP contribution in [0.5, 0.6) is 0 Å². The number of benzene rings is 1. The summed E-state index contributed by atoms with van der Waals surface area (Å²) in [4.78, 5) is 16.5. The molecule has 1 heterocycles. The van der Waals surface area contributed by atoms with E-state index in [4.69, 9.17) is 0 Å². The number of nitrogens with one attached hydrogen (secondary N) is 2. The lowest BCUT2D eigenvalue weighted by atomic mass is 10.2. The van der Waals surface area contributed by atoms with Crippen molar-refractivity contribution in [2.45, 2.75) is 26.2 Å². The first-order valence-corrected chi connectivity index (χ1v) is 8.73. The predicted octanol–water partition coefficient (Wildman–Crippen LogP) is 2.16. The minimum Gasteiger partial charge on any atom is -0.376 e. The van der Waals surface area contributed by atoms with Crippen LogP contribution < -0.4 is 15.5 Å². The van der Waals surface area contributed by atoms with Gasteiger partial charge in [0.15, 0.2) is 0 Å². The molecule has 0 unspecified atom stereocenters. The molecule has 0 bridgehead atoms. The number of nitrogens with zero attached hydrogens (tertiary/aromatic N) is 2. The zero-order chi connectivity index (χ0) is 16.5. The number of carbonyl (C=O) groups excluding carboxylic acids is 1. The Morgan fingerprint density at radius 2 is 1.78 bits per heavy atom. The van der Waals surface area contributed by atoms with E-state index in [0.29, 0.717) is 6.54 Å². The number of piperazine rings is 1. The van der Waals surface area contributed by atoms with Gasteiger partial charge in [0, 0.05) is 44.1 Å². The van der Waals surface area contributed by atoms with Crippen LogP contribution in [0.3, 0.4) is 0 Å². The SMILES string of the molecule is CCCCCNC(=O)CNc1ccc(N2CCN(C)CC2)cc1. The van der Waals surface area contributed by atoms with E-state index in [-0.39, 0.29) is 5.91 Å². The molecule has 2 rings (SSSR count). The maximum absolute atomic E-state index is 11.7. The molecule has 2 N–H and O–H groups in total. The van der Waals surface area contributed by atoms with Gasteiger partial charge in [0.05, 0.1) is 6.54 Å². The van der Waals surface area contributed by atoms with Crippen molar-refractivity contribution in [3.63, 3.8) is 0 Å². The van der Waals surface area contributed by atoms with Gasteiger partial charge >= 0.3 is 0 Å². The van der Waals surface area contributed by atoms with Crippen LogP contribution in [-0.2, 0) is 4.79 Å². The maximum atomic E-state index is 11.7. The summed E-state index contributed by atoms with van der Waals surface area (Å²) in [5.41, 5.74) is 2.25. The van der Waals surface area contributed by atoms with E-state index in [1.54, 1.807) is 0 Å². The van der Waals surface area contributed by atoms with Gasteiger partial charge in [-0.2, -0.15) is 0 Å². The molecule has 0 atom stereocenters. The Balaban J connectivity index is 1.71. The molecule has 128 valence electrons. The minimum absolute atomic E-state index is 0.0595. The van der Waals surface area contributed by atoms with Gasteiger partial charge in [0.2, 0.25) is 5.91 Å². The summed E-state index contributed by atoms with van der Waals surface area (Å²) in [5, 5.41) is 6.12. The smallest absolute Gasteiger partial charge is 0.239 e. The molecule has 23 heavy (non-hydrogen) atoms. The van der Waals surface area contributed by atoms with E-state index in [1.165, 1.54) is 18.5 Å². The number of hydrogen-bond donors (Lipinski definition) is 2. The van der Waals surface area contributed by atoms with Gasteiger partial charge in [-0.3, -0.25) is 4.79 Å². The zero-order valence-electron chi connectivity index (χ0n) is 14.5. The molecule has 0 radical (unpaired) electrons. The third-order valence-corrected chi connectivity index (χ3v) is 4.29. The summed E-state index contributed by atoms with van der Waals surface area (Å²) < 4.78 is 0. The van der Waals surface area contributed by atoms with Crippen molar-refractivity contribution < 1.29 is 4.79 Å². The predicted molar refractivity (Wildman–Crippen MR) is 97.2 cm³/mol. The Labute approximate surface area is 140 Å². The Bertz CT molecular complexity index is 466. The number of likely N-dealkylation sites (N-methyl/N-ethyl adjacent to an activating group) is 1. The second kappa shape index (κ2) is 9.40. The highest BCUT2D eigenvalue weighted by Gasteiger charge is 2.13. The first-order chi connectivity index (χ1) is 11.2. The second-order valence-corrected chi connectivity index (χ2v) is 6.25. The summed E-state index contributed by atoms with van der Waals surface area (Å²) in [5.74, 6) is 0.0595. The van der Waals surface area contributed by atoms with Crippen molar-refractivity contribution in [1.29, 1.82) is 0 Å². The molecule has 1 saturated heterocycles. The molecule has 5 nitrogen and oxygen atoms in total. The fourth-order valence-electron chi connectivity index (χ4n) is 2.70. The average molecular weight is 318 g/mol. The summed E-state index contributed by atoms with van der Waals surface area (Å²) in [7, 11) is 2.16. The van der Waals surface area contributed by atoms with Gasteiger partial charge in [-0.05, 0) is 37.7 Å². The van der Waals surface area contributed by atoms with E-state index in [9.17, 15) is 4.79 Å². The topological polar surface area (TPSA) is 47.6 Å². The quantitative estimate of drug-likeness (QED) is 0.721. The molecule has 1 aromatic carbocycles. The monoisotopic (exact) mass is 318 g/mol. The molecule has 0 aliphatic carbocycles. The van der Waals surface area contributed by atoms with E-state index < -0.39 is 0 Å². The van der Waals surface area contributed by atoms with E-state index in [0.717, 1.165) is 44.8 Å². The number of unbranched alkanes of at least 4 members (excludes halogenated alkanes) is 2. The lowest BCUT2D eigenvalue weighted by Gasteiger charge is -2.34. The van der Waals surface area contributed by atoms with Gasteiger partial charge in [-0.25, -0.2) is 0 Å². The summed E-state index contributed by atoms with van der Waals surface area (Å²) in [6.45, 7) is 7.63.